The zero-order valence-electron chi connectivity index (χ0n) is 11.0. The topological polar surface area (TPSA) is 47.9 Å². The normalized spacial score (nSPS) is 11.4. The average molecular weight is 270 g/mol. The predicted octanol–water partition coefficient (Wildman–Crippen LogP) is 4.54. The second-order valence-electron chi connectivity index (χ2n) is 4.13. The van der Waals surface area contributed by atoms with E-state index >= 15 is 0 Å². The van der Waals surface area contributed by atoms with E-state index in [0.29, 0.717) is 29.6 Å². The molecule has 0 aliphatic rings. The number of halogens is 3. The van der Waals surface area contributed by atoms with E-state index in [4.69, 9.17) is 0 Å². The van der Waals surface area contributed by atoms with Gasteiger partial charge in [-0.15, -0.1) is 0 Å². The molecule has 5 heteroatoms. The molecule has 2 aromatic rings. The molecule has 104 valence electrons. The van der Waals surface area contributed by atoms with Crippen molar-refractivity contribution in [3.63, 3.8) is 0 Å². The highest BCUT2D eigenvalue weighted by molar-refractivity contribution is 5.84. The van der Waals surface area contributed by atoms with Crippen molar-refractivity contribution in [2.24, 2.45) is 0 Å². The van der Waals surface area contributed by atoms with Crippen LogP contribution in [0.5, 0.6) is 0 Å². The highest BCUT2D eigenvalue weighted by Crippen LogP contribution is 2.38. The number of alkyl halides is 3. The van der Waals surface area contributed by atoms with Gasteiger partial charge in [0.1, 0.15) is 0 Å². The fourth-order valence-corrected chi connectivity index (χ4v) is 2.30. The Kier molecular flexibility index (Phi) is 4.52. The Morgan fingerprint density at radius 3 is 2.21 bits per heavy atom. The lowest BCUT2D eigenvalue weighted by atomic mass is 9.97. The van der Waals surface area contributed by atoms with E-state index in [2.05, 4.69) is 4.98 Å². The van der Waals surface area contributed by atoms with Gasteiger partial charge in [0.05, 0.1) is 11.1 Å². The Hall–Kier alpha value is -1.62. The molecule has 0 amide bonds. The molecule has 0 atom stereocenters. The number of hydrogen-bond acceptors (Lipinski definition) is 2. The number of rotatable bonds is 2. The maximum Gasteiger partial charge on any atom is 0.417 e. The molecule has 3 N–H and O–H groups in total. The maximum atomic E-state index is 13.3. The maximum absolute atomic E-state index is 13.3. The Morgan fingerprint density at radius 1 is 1.05 bits per heavy atom. The van der Waals surface area contributed by atoms with Gasteiger partial charge in [0.2, 0.25) is 0 Å². The van der Waals surface area contributed by atoms with Crippen molar-refractivity contribution in [3.05, 3.63) is 41.1 Å². The summed E-state index contributed by atoms with van der Waals surface area (Å²) in [6.07, 6.45) is -3.48. The molecule has 0 saturated heterocycles. The number of benzene rings is 1. The quantitative estimate of drug-likeness (QED) is 0.870. The van der Waals surface area contributed by atoms with Crippen LogP contribution in [0.2, 0.25) is 0 Å². The molecule has 0 fully saturated rings. The van der Waals surface area contributed by atoms with Crippen LogP contribution in [0, 0.1) is 0 Å². The predicted molar refractivity (Wildman–Crippen MR) is 70.5 cm³/mol. The van der Waals surface area contributed by atoms with E-state index < -0.39 is 11.7 Å². The molecule has 1 aromatic carbocycles. The molecule has 0 spiro atoms. The van der Waals surface area contributed by atoms with E-state index in [9.17, 15) is 13.2 Å². The smallest absolute Gasteiger partial charge is 0.344 e. The van der Waals surface area contributed by atoms with E-state index in [1.807, 2.05) is 6.92 Å². The molecular formula is C14H17F3N2. The molecule has 2 nitrogen and oxygen atoms in total. The first kappa shape index (κ1) is 15.4. The van der Waals surface area contributed by atoms with Gasteiger partial charge < -0.3 is 6.15 Å². The Bertz CT molecular complexity index is 577. The molecule has 19 heavy (non-hydrogen) atoms. The summed E-state index contributed by atoms with van der Waals surface area (Å²) in [5.41, 5.74) is 0.763. The summed E-state index contributed by atoms with van der Waals surface area (Å²) < 4.78 is 39.8. The molecule has 0 saturated carbocycles. The summed E-state index contributed by atoms with van der Waals surface area (Å²) in [7, 11) is 0. The monoisotopic (exact) mass is 270 g/mol. The van der Waals surface area contributed by atoms with E-state index in [-0.39, 0.29) is 11.5 Å². The van der Waals surface area contributed by atoms with Crippen molar-refractivity contribution in [2.75, 3.05) is 0 Å². The van der Waals surface area contributed by atoms with Gasteiger partial charge in [0.15, 0.2) is 0 Å². The van der Waals surface area contributed by atoms with Crippen LogP contribution in [0.15, 0.2) is 24.3 Å². The van der Waals surface area contributed by atoms with Gasteiger partial charge in [-0.05, 0) is 24.5 Å². The molecule has 0 aliphatic carbocycles. The zero-order valence-corrected chi connectivity index (χ0v) is 11.0. The Morgan fingerprint density at radius 2 is 1.68 bits per heavy atom. The second-order valence-corrected chi connectivity index (χ2v) is 4.13. The van der Waals surface area contributed by atoms with Crippen molar-refractivity contribution in [1.82, 2.24) is 11.1 Å². The lowest BCUT2D eigenvalue weighted by Crippen LogP contribution is -2.13. The van der Waals surface area contributed by atoms with Gasteiger partial charge >= 0.3 is 6.18 Å². The minimum absolute atomic E-state index is 0. The third kappa shape index (κ3) is 2.71. The molecule has 0 unspecified atom stereocenters. The van der Waals surface area contributed by atoms with Crippen molar-refractivity contribution >= 4 is 10.9 Å². The molecule has 0 radical (unpaired) electrons. The van der Waals surface area contributed by atoms with Gasteiger partial charge in [-0.2, -0.15) is 13.2 Å². The summed E-state index contributed by atoms with van der Waals surface area (Å²) in [6, 6.07) is 6.44. The zero-order chi connectivity index (χ0) is 13.3. The van der Waals surface area contributed by atoms with Crippen LogP contribution in [0.3, 0.4) is 0 Å². The van der Waals surface area contributed by atoms with Crippen molar-refractivity contribution in [2.45, 2.75) is 32.9 Å². The average Bonchev–Trinajstić information content (AvgIpc) is 2.34. The van der Waals surface area contributed by atoms with Crippen LogP contribution in [0.1, 0.15) is 30.7 Å². The first-order chi connectivity index (χ1) is 8.49. The SMILES string of the molecule is CCc1nc2ccccc2c(C(F)(F)F)c1CC.N. The molecule has 1 aromatic heterocycles. The van der Waals surface area contributed by atoms with Crippen LogP contribution in [0.25, 0.3) is 10.9 Å². The largest absolute Gasteiger partial charge is 0.417 e. The Labute approximate surface area is 110 Å². The lowest BCUT2D eigenvalue weighted by molar-refractivity contribution is -0.137. The molecule has 1 heterocycles. The molecular weight excluding hydrogens is 253 g/mol. The third-order valence-electron chi connectivity index (χ3n) is 3.05. The number of aryl methyl sites for hydroxylation is 1. The van der Waals surface area contributed by atoms with Gasteiger partial charge in [0.25, 0.3) is 0 Å². The van der Waals surface area contributed by atoms with Crippen LogP contribution in [0.4, 0.5) is 13.2 Å². The number of fused-ring (bicyclic) bond motifs is 1. The highest BCUT2D eigenvalue weighted by atomic mass is 19.4. The summed E-state index contributed by atoms with van der Waals surface area (Å²) in [5.74, 6) is 0. The van der Waals surface area contributed by atoms with Crippen molar-refractivity contribution in [3.8, 4) is 0 Å². The van der Waals surface area contributed by atoms with Gasteiger partial charge in [-0.1, -0.05) is 32.0 Å². The second kappa shape index (κ2) is 5.57. The van der Waals surface area contributed by atoms with Crippen molar-refractivity contribution < 1.29 is 13.2 Å². The van der Waals surface area contributed by atoms with Gasteiger partial charge in [-0.3, -0.25) is 4.98 Å². The number of aromatic nitrogens is 1. The summed E-state index contributed by atoms with van der Waals surface area (Å²) >= 11 is 0. The first-order valence-corrected chi connectivity index (χ1v) is 5.96. The lowest BCUT2D eigenvalue weighted by Gasteiger charge is -2.17. The molecule has 2 rings (SSSR count). The minimum Gasteiger partial charge on any atom is -0.344 e. The summed E-state index contributed by atoms with van der Waals surface area (Å²) in [4.78, 5) is 4.34. The standard InChI is InChI=1S/C14H14F3N.H3N/c1-3-9-11(4-2)18-12-8-6-5-7-10(12)13(9)14(15,16)17;/h5-8H,3-4H2,1-2H3;1H3. The number of pyridine rings is 1. The summed E-state index contributed by atoms with van der Waals surface area (Å²) in [6.45, 7) is 3.57. The number of para-hydroxylation sites is 1. The van der Waals surface area contributed by atoms with Crippen LogP contribution >= 0.6 is 0 Å². The molecule has 0 bridgehead atoms. The van der Waals surface area contributed by atoms with E-state index in [1.54, 1.807) is 25.1 Å². The first-order valence-electron chi connectivity index (χ1n) is 5.96. The fraction of sp³-hybridized carbons (Fsp3) is 0.357. The van der Waals surface area contributed by atoms with Gasteiger partial charge in [-0.25, -0.2) is 0 Å². The third-order valence-corrected chi connectivity index (χ3v) is 3.05. The highest BCUT2D eigenvalue weighted by Gasteiger charge is 2.36. The van der Waals surface area contributed by atoms with Crippen molar-refractivity contribution in [1.29, 1.82) is 0 Å². The fourth-order valence-electron chi connectivity index (χ4n) is 2.30. The Balaban J connectivity index is 0.00000180. The van der Waals surface area contributed by atoms with Gasteiger partial charge in [0, 0.05) is 11.1 Å². The van der Waals surface area contributed by atoms with E-state index in [1.165, 1.54) is 6.07 Å². The number of nitrogens with zero attached hydrogens (tertiary/aromatic N) is 1. The van der Waals surface area contributed by atoms with Crippen LogP contribution in [-0.4, -0.2) is 4.98 Å². The molecule has 0 aliphatic heterocycles. The van der Waals surface area contributed by atoms with Crippen LogP contribution in [-0.2, 0) is 19.0 Å². The van der Waals surface area contributed by atoms with Crippen LogP contribution < -0.4 is 6.15 Å². The number of hydrogen-bond donors (Lipinski definition) is 1. The summed E-state index contributed by atoms with van der Waals surface area (Å²) in [5, 5.41) is 0.194. The van der Waals surface area contributed by atoms with E-state index in [0.717, 1.165) is 0 Å². The minimum atomic E-state index is -4.34.